The highest BCUT2D eigenvalue weighted by atomic mass is 35.5. The lowest BCUT2D eigenvalue weighted by Gasteiger charge is -2.16. The third kappa shape index (κ3) is 7.46. The first-order valence-corrected chi connectivity index (χ1v) is 12.2. The molecule has 208 valence electrons. The third-order valence-electron chi connectivity index (χ3n) is 4.93. The molecule has 0 fully saturated rings. The van der Waals surface area contributed by atoms with E-state index >= 15 is 0 Å². The van der Waals surface area contributed by atoms with Crippen molar-refractivity contribution in [1.29, 1.82) is 0 Å². The molecule has 0 atom stereocenters. The van der Waals surface area contributed by atoms with Crippen molar-refractivity contribution in [2.75, 3.05) is 11.9 Å². The van der Waals surface area contributed by atoms with Crippen LogP contribution in [0.3, 0.4) is 0 Å². The lowest BCUT2D eigenvalue weighted by Crippen LogP contribution is -2.23. The summed E-state index contributed by atoms with van der Waals surface area (Å²) < 4.78 is 121. The Morgan fingerprint density at radius 3 is 2.18 bits per heavy atom. The van der Waals surface area contributed by atoms with Crippen molar-refractivity contribution < 1.29 is 53.5 Å². The van der Waals surface area contributed by atoms with Gasteiger partial charge in [0.2, 0.25) is 10.0 Å². The van der Waals surface area contributed by atoms with E-state index in [-0.39, 0.29) is 17.2 Å². The van der Waals surface area contributed by atoms with E-state index in [9.17, 15) is 48.7 Å². The van der Waals surface area contributed by atoms with Crippen LogP contribution in [0.4, 0.5) is 36.4 Å². The van der Waals surface area contributed by atoms with Crippen LogP contribution in [-0.4, -0.2) is 26.7 Å². The van der Waals surface area contributed by atoms with Crippen molar-refractivity contribution in [3.05, 3.63) is 87.7 Å². The van der Waals surface area contributed by atoms with E-state index in [2.05, 4.69) is 0 Å². The molecule has 0 aliphatic rings. The highest BCUT2D eigenvalue weighted by Gasteiger charge is 2.35. The molecule has 0 saturated heterocycles. The summed E-state index contributed by atoms with van der Waals surface area (Å²) in [4.78, 5) is 24.4. The van der Waals surface area contributed by atoms with Crippen molar-refractivity contribution in [2.24, 2.45) is 5.14 Å². The Hall–Kier alpha value is -3.69. The van der Waals surface area contributed by atoms with E-state index in [4.69, 9.17) is 21.5 Å². The van der Waals surface area contributed by atoms with Crippen LogP contribution in [0.25, 0.3) is 0 Å². The highest BCUT2D eigenvalue weighted by Crippen LogP contribution is 2.36. The minimum absolute atomic E-state index is 0.0765. The molecule has 7 nitrogen and oxygen atoms in total. The van der Waals surface area contributed by atoms with Gasteiger partial charge in [-0.15, -0.1) is 0 Å². The second-order valence-corrected chi connectivity index (χ2v) is 9.78. The van der Waals surface area contributed by atoms with E-state index in [1.165, 1.54) is 6.07 Å². The fourth-order valence-corrected chi connectivity index (χ4v) is 3.93. The number of halogens is 8. The molecule has 0 saturated carbocycles. The summed E-state index contributed by atoms with van der Waals surface area (Å²) in [6.07, 6.45) is -10.1. The van der Waals surface area contributed by atoms with Crippen LogP contribution >= 0.6 is 11.6 Å². The maximum Gasteiger partial charge on any atom is 0.418 e. The summed E-state index contributed by atoms with van der Waals surface area (Å²) in [5.41, 5.74) is -5.00. The number of benzene rings is 3. The number of hydrogen-bond donors (Lipinski definition) is 2. The Bertz CT molecular complexity index is 1560. The topological polar surface area (TPSA) is 116 Å². The minimum Gasteiger partial charge on any atom is -0.483 e. The standard InChI is InChI=1S/C23H14ClF7N2O5S/c24-13-1-4-19(16(8-13)21(35)11-5-12(22(26,27)28)7-14(25)6-11)38-10-20(34)33-18-3-2-15(39(32,36)37)9-17(18)23(29,30)31/h1-9H,10H2,(H,33,34)(H2,32,36,37). The maximum absolute atomic E-state index is 13.8. The van der Waals surface area contributed by atoms with Crippen molar-refractivity contribution in [3.63, 3.8) is 0 Å². The van der Waals surface area contributed by atoms with Gasteiger partial charge >= 0.3 is 12.4 Å². The van der Waals surface area contributed by atoms with Gasteiger partial charge in [0.05, 0.1) is 27.3 Å². The van der Waals surface area contributed by atoms with Gasteiger partial charge in [-0.1, -0.05) is 11.6 Å². The molecule has 0 bridgehead atoms. The van der Waals surface area contributed by atoms with Gasteiger partial charge < -0.3 is 10.1 Å². The van der Waals surface area contributed by atoms with Gasteiger partial charge in [-0.25, -0.2) is 17.9 Å². The Labute approximate surface area is 220 Å². The Kier molecular flexibility index (Phi) is 8.29. The van der Waals surface area contributed by atoms with Crippen molar-refractivity contribution in [3.8, 4) is 5.75 Å². The number of nitrogens with one attached hydrogen (secondary N) is 1. The van der Waals surface area contributed by atoms with Crippen LogP contribution in [-0.2, 0) is 27.2 Å². The average Bonchev–Trinajstić information content (AvgIpc) is 2.80. The molecule has 0 heterocycles. The number of carbonyl (C=O) groups is 2. The van der Waals surface area contributed by atoms with Crippen LogP contribution in [0.2, 0.25) is 5.02 Å². The van der Waals surface area contributed by atoms with Gasteiger partial charge in [0.1, 0.15) is 11.6 Å². The molecule has 0 aliphatic heterocycles. The number of primary sulfonamides is 1. The van der Waals surface area contributed by atoms with E-state index in [1.807, 2.05) is 5.32 Å². The molecule has 16 heteroatoms. The molecule has 3 aromatic rings. The Balaban J connectivity index is 1.86. The number of rotatable bonds is 7. The van der Waals surface area contributed by atoms with Crippen molar-refractivity contribution >= 4 is 39.0 Å². The number of anilines is 1. The lowest BCUT2D eigenvalue weighted by atomic mass is 10.00. The summed E-state index contributed by atoms with van der Waals surface area (Å²) in [5, 5.41) is 6.65. The predicted molar refractivity (Wildman–Crippen MR) is 123 cm³/mol. The second-order valence-electron chi connectivity index (χ2n) is 7.78. The fraction of sp³-hybridized carbons (Fsp3) is 0.130. The first-order valence-electron chi connectivity index (χ1n) is 10.2. The van der Waals surface area contributed by atoms with Gasteiger partial charge in [-0.05, 0) is 54.6 Å². The molecule has 0 unspecified atom stereocenters. The monoisotopic (exact) mass is 598 g/mol. The van der Waals surface area contributed by atoms with Crippen LogP contribution in [0.15, 0.2) is 59.5 Å². The second kappa shape index (κ2) is 10.8. The molecule has 39 heavy (non-hydrogen) atoms. The molecule has 3 rings (SSSR count). The Morgan fingerprint density at radius 2 is 1.59 bits per heavy atom. The van der Waals surface area contributed by atoms with Gasteiger partial charge in [0.15, 0.2) is 12.4 Å². The van der Waals surface area contributed by atoms with E-state index in [0.29, 0.717) is 18.2 Å². The van der Waals surface area contributed by atoms with Gasteiger partial charge in [-0.3, -0.25) is 9.59 Å². The smallest absolute Gasteiger partial charge is 0.418 e. The molecular formula is C23H14ClF7N2O5S. The first-order chi connectivity index (χ1) is 17.9. The fourth-order valence-electron chi connectivity index (χ4n) is 3.22. The molecule has 0 radical (unpaired) electrons. The van der Waals surface area contributed by atoms with Gasteiger partial charge in [-0.2, -0.15) is 26.3 Å². The summed E-state index contributed by atoms with van der Waals surface area (Å²) in [7, 11) is -4.50. The first kappa shape index (κ1) is 29.9. The molecule has 3 aromatic carbocycles. The highest BCUT2D eigenvalue weighted by molar-refractivity contribution is 7.89. The number of carbonyl (C=O) groups excluding carboxylic acids is 2. The number of ketones is 1. The van der Waals surface area contributed by atoms with Crippen LogP contribution in [0, 0.1) is 5.82 Å². The zero-order valence-electron chi connectivity index (χ0n) is 19.0. The summed E-state index contributed by atoms with van der Waals surface area (Å²) in [6.45, 7) is -1.01. The van der Waals surface area contributed by atoms with Crippen molar-refractivity contribution in [1.82, 2.24) is 0 Å². The lowest BCUT2D eigenvalue weighted by molar-refractivity contribution is -0.138. The predicted octanol–water partition coefficient (Wildman–Crippen LogP) is 5.41. The van der Waals surface area contributed by atoms with Gasteiger partial charge in [0, 0.05) is 10.6 Å². The number of ether oxygens (including phenoxy) is 1. The average molecular weight is 599 g/mol. The number of amides is 1. The number of alkyl halides is 6. The van der Waals surface area contributed by atoms with Crippen LogP contribution < -0.4 is 15.2 Å². The molecule has 0 aliphatic carbocycles. The summed E-state index contributed by atoms with van der Waals surface area (Å²) >= 11 is 5.86. The molecule has 3 N–H and O–H groups in total. The third-order valence-corrected chi connectivity index (χ3v) is 6.08. The molecule has 0 spiro atoms. The number of sulfonamides is 1. The van der Waals surface area contributed by atoms with E-state index in [1.54, 1.807) is 0 Å². The zero-order chi connectivity index (χ0) is 29.3. The quantitative estimate of drug-likeness (QED) is 0.279. The number of hydrogen-bond acceptors (Lipinski definition) is 5. The normalized spacial score (nSPS) is 12.2. The molecule has 0 aromatic heterocycles. The minimum atomic E-state index is -5.10. The van der Waals surface area contributed by atoms with Gasteiger partial charge in [0.25, 0.3) is 5.91 Å². The van der Waals surface area contributed by atoms with E-state index in [0.717, 1.165) is 18.2 Å². The van der Waals surface area contributed by atoms with Crippen LogP contribution in [0.5, 0.6) is 5.75 Å². The van der Waals surface area contributed by atoms with E-state index < -0.39 is 85.1 Å². The zero-order valence-corrected chi connectivity index (χ0v) is 20.5. The molecule has 1 amide bonds. The largest absolute Gasteiger partial charge is 0.483 e. The summed E-state index contributed by atoms with van der Waals surface area (Å²) in [5.74, 6) is -4.11. The van der Waals surface area contributed by atoms with Crippen LogP contribution in [0.1, 0.15) is 27.0 Å². The maximum atomic E-state index is 13.8. The molecular weight excluding hydrogens is 585 g/mol. The summed E-state index contributed by atoms with van der Waals surface area (Å²) in [6, 6.07) is 5.94. The number of nitrogens with two attached hydrogens (primary N) is 1. The Morgan fingerprint density at radius 1 is 0.923 bits per heavy atom. The SMILES string of the molecule is NS(=O)(=O)c1ccc(NC(=O)COc2ccc(Cl)cc2C(=O)c2cc(F)cc(C(F)(F)F)c2)c(C(F)(F)F)c1. The van der Waals surface area contributed by atoms with Crippen molar-refractivity contribution in [2.45, 2.75) is 17.2 Å².